The molecule has 1 amide bonds. The maximum atomic E-state index is 13.2. The number of carbonyl (C=O) groups is 1. The van der Waals surface area contributed by atoms with Crippen molar-refractivity contribution in [3.63, 3.8) is 0 Å². The average Bonchev–Trinajstić information content (AvgIpc) is 3.22. The topological polar surface area (TPSA) is 63.5 Å². The highest BCUT2D eigenvalue weighted by atomic mass is 32.2. The van der Waals surface area contributed by atoms with Crippen LogP contribution in [0.3, 0.4) is 0 Å². The van der Waals surface area contributed by atoms with Gasteiger partial charge in [0, 0.05) is 17.4 Å². The van der Waals surface area contributed by atoms with Gasteiger partial charge in [-0.2, -0.15) is 18.2 Å². The number of methoxy groups -OCH3 is 2. The Morgan fingerprint density at radius 3 is 2.46 bits per heavy atom. The third-order valence-corrected chi connectivity index (χ3v) is 8.13. The second-order valence-corrected chi connectivity index (χ2v) is 10.4. The number of benzene rings is 2. The molecule has 2 aliphatic heterocycles. The molecule has 1 fully saturated rings. The van der Waals surface area contributed by atoms with Crippen molar-refractivity contribution in [2.75, 3.05) is 14.2 Å². The van der Waals surface area contributed by atoms with E-state index in [0.717, 1.165) is 37.8 Å². The largest absolute Gasteiger partial charge is 0.493 e. The van der Waals surface area contributed by atoms with E-state index in [-0.39, 0.29) is 11.7 Å². The van der Waals surface area contributed by atoms with E-state index in [0.29, 0.717) is 51.7 Å². The van der Waals surface area contributed by atoms with Crippen molar-refractivity contribution < 1.29 is 27.4 Å². The van der Waals surface area contributed by atoms with Crippen LogP contribution in [0.2, 0.25) is 0 Å². The summed E-state index contributed by atoms with van der Waals surface area (Å²) in [7, 11) is 3.07. The van der Waals surface area contributed by atoms with Gasteiger partial charge in [-0.15, -0.1) is 0 Å². The van der Waals surface area contributed by atoms with E-state index in [4.69, 9.17) is 14.5 Å². The van der Waals surface area contributed by atoms with Gasteiger partial charge in [0.25, 0.3) is 5.91 Å². The number of rotatable bonds is 6. The van der Waals surface area contributed by atoms with Crippen LogP contribution in [-0.2, 0) is 16.7 Å². The molecule has 0 saturated heterocycles. The molecule has 5 rings (SSSR count). The minimum absolute atomic E-state index is 0.212. The Labute approximate surface area is 218 Å². The molecule has 2 heterocycles. The summed E-state index contributed by atoms with van der Waals surface area (Å²) in [5.41, 5.74) is 1.08. The molecule has 2 aromatic carbocycles. The third kappa shape index (κ3) is 5.21. The number of hydrogen-bond donors (Lipinski definition) is 0. The highest BCUT2D eigenvalue weighted by Gasteiger charge is 2.43. The summed E-state index contributed by atoms with van der Waals surface area (Å²) in [6.07, 6.45) is 1.96. The SMILES string of the molecule is COc1cc2c(cc1OC)C1=NC(=O)C(CC3CCCCC3)N1C(SCc1cccc(C(F)(F)F)c1)=N2. The van der Waals surface area contributed by atoms with Gasteiger partial charge >= 0.3 is 6.18 Å². The number of nitrogens with zero attached hydrogens (tertiary/aromatic N) is 3. The number of carbonyl (C=O) groups excluding carboxylic acids is 1. The summed E-state index contributed by atoms with van der Waals surface area (Å²) in [4.78, 5) is 24.4. The highest BCUT2D eigenvalue weighted by molar-refractivity contribution is 8.13. The van der Waals surface area contributed by atoms with Gasteiger partial charge in [-0.05, 0) is 30.0 Å². The van der Waals surface area contributed by atoms with Crippen molar-refractivity contribution >= 4 is 34.4 Å². The zero-order valence-corrected chi connectivity index (χ0v) is 21.5. The van der Waals surface area contributed by atoms with E-state index in [9.17, 15) is 18.0 Å². The lowest BCUT2D eigenvalue weighted by atomic mass is 9.84. The second-order valence-electron chi connectivity index (χ2n) is 9.50. The normalized spacial score (nSPS) is 19.8. The van der Waals surface area contributed by atoms with Crippen molar-refractivity contribution in [1.82, 2.24) is 4.90 Å². The van der Waals surface area contributed by atoms with Crippen LogP contribution in [-0.4, -0.2) is 42.1 Å². The first kappa shape index (κ1) is 25.6. The van der Waals surface area contributed by atoms with Gasteiger partial charge in [-0.1, -0.05) is 62.1 Å². The van der Waals surface area contributed by atoms with Crippen molar-refractivity contribution in [3.05, 3.63) is 53.1 Å². The lowest BCUT2D eigenvalue weighted by molar-refractivity contribution is -0.137. The number of fused-ring (bicyclic) bond motifs is 3. The molecular weight excluding hydrogens is 503 g/mol. The highest BCUT2D eigenvalue weighted by Crippen LogP contribution is 2.43. The monoisotopic (exact) mass is 531 g/mol. The van der Waals surface area contributed by atoms with Gasteiger partial charge in [0.2, 0.25) is 0 Å². The molecule has 3 aliphatic rings. The quantitative estimate of drug-likeness (QED) is 0.421. The van der Waals surface area contributed by atoms with Crippen molar-refractivity contribution in [2.45, 2.75) is 56.5 Å². The van der Waals surface area contributed by atoms with Crippen LogP contribution >= 0.6 is 11.8 Å². The maximum Gasteiger partial charge on any atom is 0.416 e. The van der Waals surface area contributed by atoms with Crippen LogP contribution in [0.15, 0.2) is 46.4 Å². The fourth-order valence-corrected chi connectivity index (χ4v) is 6.22. The lowest BCUT2D eigenvalue weighted by Crippen LogP contribution is -2.44. The van der Waals surface area contributed by atoms with Crippen LogP contribution in [0.5, 0.6) is 11.5 Å². The first-order chi connectivity index (χ1) is 17.8. The zero-order chi connectivity index (χ0) is 26.2. The molecule has 1 atom stereocenters. The Morgan fingerprint density at radius 1 is 1.03 bits per heavy atom. The van der Waals surface area contributed by atoms with Crippen molar-refractivity contribution in [2.24, 2.45) is 15.9 Å². The minimum atomic E-state index is -4.41. The van der Waals surface area contributed by atoms with E-state index in [1.165, 1.54) is 38.5 Å². The fourth-order valence-electron chi connectivity index (χ4n) is 5.23. The summed E-state index contributed by atoms with van der Waals surface area (Å²) in [6, 6.07) is 8.32. The first-order valence-corrected chi connectivity index (χ1v) is 13.3. The number of thioether (sulfide) groups is 1. The summed E-state index contributed by atoms with van der Waals surface area (Å²) < 4.78 is 50.6. The molecular formula is C27H28F3N3O3S. The van der Waals surface area contributed by atoms with Gasteiger partial charge in [0.05, 0.1) is 25.5 Å². The molecule has 1 saturated carbocycles. The molecule has 6 nitrogen and oxygen atoms in total. The Morgan fingerprint density at radius 2 is 1.76 bits per heavy atom. The zero-order valence-electron chi connectivity index (χ0n) is 20.7. The maximum absolute atomic E-state index is 13.2. The molecule has 1 aliphatic carbocycles. The van der Waals surface area contributed by atoms with Gasteiger partial charge in [-0.25, -0.2) is 4.99 Å². The molecule has 0 radical (unpaired) electrons. The summed E-state index contributed by atoms with van der Waals surface area (Å²) in [5, 5.41) is 0.544. The van der Waals surface area contributed by atoms with Gasteiger partial charge in [-0.3, -0.25) is 9.69 Å². The Kier molecular flexibility index (Phi) is 7.20. The predicted molar refractivity (Wildman–Crippen MR) is 138 cm³/mol. The number of amides is 1. The van der Waals surface area contributed by atoms with Crippen LogP contribution < -0.4 is 9.47 Å². The number of hydrogen-bond acceptors (Lipinski definition) is 6. The van der Waals surface area contributed by atoms with E-state index >= 15 is 0 Å². The molecule has 0 N–H and O–H groups in total. The number of alkyl halides is 3. The lowest BCUT2D eigenvalue weighted by Gasteiger charge is -2.33. The summed E-state index contributed by atoms with van der Waals surface area (Å²) >= 11 is 1.30. The van der Waals surface area contributed by atoms with Crippen LogP contribution in [0.25, 0.3) is 0 Å². The van der Waals surface area contributed by atoms with Crippen molar-refractivity contribution in [3.8, 4) is 11.5 Å². The Bertz CT molecular complexity index is 1260. The third-order valence-electron chi connectivity index (χ3n) is 7.11. The molecule has 196 valence electrons. The van der Waals surface area contributed by atoms with E-state index in [2.05, 4.69) is 4.99 Å². The standard InChI is InChI=1S/C27H28F3N3O3S/c1-35-22-13-19-20(14-23(22)36-2)31-26(37-15-17-9-6-10-18(11-17)27(28,29)30)33-21(25(34)32-24(19)33)12-16-7-4-3-5-8-16/h6,9-11,13-14,16,21H,3-5,7-8,12,15H2,1-2H3. The molecule has 0 bridgehead atoms. The molecule has 37 heavy (non-hydrogen) atoms. The Hall–Kier alpha value is -3.01. The number of halogens is 3. The number of aliphatic imine (C=N–C) groups is 2. The van der Waals surface area contributed by atoms with E-state index < -0.39 is 17.8 Å². The van der Waals surface area contributed by atoms with E-state index in [1.807, 2.05) is 4.90 Å². The Balaban J connectivity index is 1.50. The summed E-state index contributed by atoms with van der Waals surface area (Å²) in [6.45, 7) is 0. The van der Waals surface area contributed by atoms with Crippen LogP contribution in [0.4, 0.5) is 18.9 Å². The van der Waals surface area contributed by atoms with Gasteiger partial charge < -0.3 is 9.47 Å². The minimum Gasteiger partial charge on any atom is -0.493 e. The molecule has 2 aromatic rings. The summed E-state index contributed by atoms with van der Waals surface area (Å²) in [5.74, 6) is 1.98. The van der Waals surface area contributed by atoms with Crippen molar-refractivity contribution in [1.29, 1.82) is 0 Å². The fraction of sp³-hybridized carbons (Fsp3) is 0.444. The molecule has 0 aromatic heterocycles. The average molecular weight is 532 g/mol. The van der Waals surface area contributed by atoms with E-state index in [1.54, 1.807) is 18.2 Å². The van der Waals surface area contributed by atoms with Crippen LogP contribution in [0.1, 0.15) is 55.2 Å². The second kappa shape index (κ2) is 10.4. The number of ether oxygens (including phenoxy) is 2. The smallest absolute Gasteiger partial charge is 0.416 e. The van der Waals surface area contributed by atoms with Crippen LogP contribution in [0, 0.1) is 5.92 Å². The molecule has 0 spiro atoms. The van der Waals surface area contributed by atoms with Gasteiger partial charge in [0.1, 0.15) is 11.9 Å². The predicted octanol–water partition coefficient (Wildman–Crippen LogP) is 6.58. The molecule has 1 unspecified atom stereocenters. The first-order valence-electron chi connectivity index (χ1n) is 12.3. The molecule has 10 heteroatoms. The number of amidine groups is 2. The van der Waals surface area contributed by atoms with Gasteiger partial charge in [0.15, 0.2) is 16.7 Å².